The van der Waals surface area contributed by atoms with Crippen molar-refractivity contribution in [2.24, 2.45) is 5.92 Å². The summed E-state index contributed by atoms with van der Waals surface area (Å²) in [5, 5.41) is 3.50. The molecule has 1 aromatic rings. The Bertz CT molecular complexity index is 384. The molecule has 2 unspecified atom stereocenters. The van der Waals surface area contributed by atoms with Crippen LogP contribution in [0.15, 0.2) is 15.2 Å². The summed E-state index contributed by atoms with van der Waals surface area (Å²) in [6, 6.07) is 2.15. The van der Waals surface area contributed by atoms with E-state index in [1.165, 1.54) is 24.9 Å². The quantitative estimate of drug-likeness (QED) is 0.859. The van der Waals surface area contributed by atoms with Crippen molar-refractivity contribution in [2.75, 3.05) is 31.6 Å². The third-order valence-electron chi connectivity index (χ3n) is 3.83. The van der Waals surface area contributed by atoms with Gasteiger partial charge in [0.25, 0.3) is 0 Å². The molecule has 0 radical (unpaired) electrons. The molecule has 0 saturated carbocycles. The van der Waals surface area contributed by atoms with Crippen LogP contribution in [0, 0.1) is 5.92 Å². The van der Waals surface area contributed by atoms with Crippen LogP contribution in [-0.4, -0.2) is 26.7 Å². The van der Waals surface area contributed by atoms with E-state index in [1.807, 2.05) is 0 Å². The zero-order valence-electron chi connectivity index (χ0n) is 9.50. The highest BCUT2D eigenvalue weighted by Crippen LogP contribution is 2.44. The Kier molecular flexibility index (Phi) is 2.72. The summed E-state index contributed by atoms with van der Waals surface area (Å²) in [7, 11) is 2.12. The van der Waals surface area contributed by atoms with Crippen molar-refractivity contribution in [1.29, 1.82) is 0 Å². The molecular weight excluding hydrogens is 268 g/mol. The summed E-state index contributed by atoms with van der Waals surface area (Å²) in [5.74, 6) is 2.47. The molecule has 16 heavy (non-hydrogen) atoms. The fourth-order valence-corrected chi connectivity index (χ4v) is 3.43. The minimum absolute atomic E-state index is 0.642. The predicted octanol–water partition coefficient (Wildman–Crippen LogP) is 2.58. The van der Waals surface area contributed by atoms with Crippen molar-refractivity contribution in [3.8, 4) is 0 Å². The number of likely N-dealkylation sites (N-methyl/N-ethyl adjacent to an activating group) is 1. The summed E-state index contributed by atoms with van der Waals surface area (Å²) in [4.78, 5) is 2.24. The normalized spacial score (nSPS) is 29.5. The maximum absolute atomic E-state index is 5.68. The number of nitrogens with zero attached hydrogens (tertiary/aromatic N) is 1. The van der Waals surface area contributed by atoms with E-state index in [4.69, 9.17) is 4.42 Å². The molecule has 0 amide bonds. The highest BCUT2D eigenvalue weighted by Gasteiger charge is 2.36. The second-order valence-electron chi connectivity index (χ2n) is 4.90. The number of anilines is 1. The fourth-order valence-electron chi connectivity index (χ4n) is 3.03. The number of nitrogens with one attached hydrogen (secondary N) is 1. The number of hydrogen-bond donors (Lipinski definition) is 1. The van der Waals surface area contributed by atoms with Gasteiger partial charge in [-0.25, -0.2) is 0 Å². The molecule has 4 heteroatoms. The van der Waals surface area contributed by atoms with Crippen LogP contribution in [0.1, 0.15) is 24.3 Å². The topological polar surface area (TPSA) is 28.4 Å². The number of fused-ring (bicyclic) bond motifs is 1. The van der Waals surface area contributed by atoms with E-state index < -0.39 is 0 Å². The molecule has 2 atom stereocenters. The fraction of sp³-hybridized carbons (Fsp3) is 0.667. The van der Waals surface area contributed by atoms with Crippen LogP contribution in [0.4, 0.5) is 5.88 Å². The maximum atomic E-state index is 5.68. The summed E-state index contributed by atoms with van der Waals surface area (Å²) >= 11 is 3.43. The molecule has 1 saturated heterocycles. The lowest BCUT2D eigenvalue weighted by Gasteiger charge is -2.28. The molecule has 1 aromatic heterocycles. The van der Waals surface area contributed by atoms with Gasteiger partial charge in [-0.05, 0) is 53.8 Å². The van der Waals surface area contributed by atoms with Gasteiger partial charge in [0, 0.05) is 25.1 Å². The summed E-state index contributed by atoms with van der Waals surface area (Å²) < 4.78 is 6.54. The second-order valence-corrected chi connectivity index (χ2v) is 5.69. The zero-order chi connectivity index (χ0) is 11.1. The van der Waals surface area contributed by atoms with Crippen molar-refractivity contribution in [1.82, 2.24) is 5.32 Å². The molecular formula is C12H17BrN2O. The molecule has 2 aliphatic rings. The maximum Gasteiger partial charge on any atom is 0.200 e. The van der Waals surface area contributed by atoms with Gasteiger partial charge in [-0.1, -0.05) is 0 Å². The van der Waals surface area contributed by atoms with Gasteiger partial charge in [-0.2, -0.15) is 0 Å². The van der Waals surface area contributed by atoms with Gasteiger partial charge >= 0.3 is 0 Å². The molecule has 1 N–H and O–H groups in total. The first kappa shape index (κ1) is 10.7. The van der Waals surface area contributed by atoms with Crippen molar-refractivity contribution in [3.63, 3.8) is 0 Å². The van der Waals surface area contributed by atoms with Gasteiger partial charge in [-0.15, -0.1) is 0 Å². The van der Waals surface area contributed by atoms with Gasteiger partial charge in [-0.3, -0.25) is 0 Å². The van der Waals surface area contributed by atoms with E-state index in [9.17, 15) is 0 Å². The van der Waals surface area contributed by atoms with Gasteiger partial charge in [0.15, 0.2) is 10.6 Å². The predicted molar refractivity (Wildman–Crippen MR) is 68.0 cm³/mol. The Morgan fingerprint density at radius 1 is 1.56 bits per heavy atom. The lowest BCUT2D eigenvalue weighted by Crippen LogP contribution is -2.34. The summed E-state index contributed by atoms with van der Waals surface area (Å²) in [5.41, 5.74) is 1.39. The van der Waals surface area contributed by atoms with Crippen LogP contribution < -0.4 is 10.2 Å². The van der Waals surface area contributed by atoms with Gasteiger partial charge in [0.1, 0.15) is 0 Å². The molecule has 0 aromatic carbocycles. The summed E-state index contributed by atoms with van der Waals surface area (Å²) in [6.07, 6.45) is 2.65. The Labute approximate surface area is 104 Å². The number of halogens is 1. The van der Waals surface area contributed by atoms with Crippen LogP contribution >= 0.6 is 15.9 Å². The standard InChI is InChI=1S/C12H17BrN2O/c1-15-7-10(8-3-2-4-14-6-8)9-5-11(13)16-12(9)15/h5,8,10,14H,2-4,6-7H2,1H3. The van der Waals surface area contributed by atoms with E-state index >= 15 is 0 Å². The first-order valence-corrected chi connectivity index (χ1v) is 6.76. The molecule has 0 aliphatic carbocycles. The number of piperidine rings is 1. The van der Waals surface area contributed by atoms with Crippen LogP contribution in [0.3, 0.4) is 0 Å². The average Bonchev–Trinajstić information content (AvgIpc) is 2.80. The van der Waals surface area contributed by atoms with Crippen molar-refractivity contribution in [3.05, 3.63) is 16.3 Å². The third-order valence-corrected chi connectivity index (χ3v) is 4.22. The molecule has 88 valence electrons. The van der Waals surface area contributed by atoms with Crippen LogP contribution in [0.5, 0.6) is 0 Å². The van der Waals surface area contributed by atoms with E-state index in [-0.39, 0.29) is 0 Å². The number of rotatable bonds is 1. The first-order valence-electron chi connectivity index (χ1n) is 5.97. The Morgan fingerprint density at radius 3 is 3.19 bits per heavy atom. The molecule has 3 nitrogen and oxygen atoms in total. The largest absolute Gasteiger partial charge is 0.434 e. The SMILES string of the molecule is CN1CC(C2CCCNC2)c2cc(Br)oc21. The van der Waals surface area contributed by atoms with E-state index in [0.29, 0.717) is 5.92 Å². The number of furan rings is 1. The minimum Gasteiger partial charge on any atom is -0.434 e. The highest BCUT2D eigenvalue weighted by molar-refractivity contribution is 9.10. The van der Waals surface area contributed by atoms with E-state index in [1.54, 1.807) is 0 Å². The monoisotopic (exact) mass is 284 g/mol. The lowest BCUT2D eigenvalue weighted by molar-refractivity contribution is 0.331. The van der Waals surface area contributed by atoms with Crippen LogP contribution in [0.2, 0.25) is 0 Å². The van der Waals surface area contributed by atoms with Crippen molar-refractivity contribution >= 4 is 21.8 Å². The smallest absolute Gasteiger partial charge is 0.200 e. The Morgan fingerprint density at radius 2 is 2.44 bits per heavy atom. The Balaban J connectivity index is 1.86. The van der Waals surface area contributed by atoms with Gasteiger partial charge < -0.3 is 14.6 Å². The van der Waals surface area contributed by atoms with Crippen LogP contribution in [0.25, 0.3) is 0 Å². The third kappa shape index (κ3) is 1.68. The zero-order valence-corrected chi connectivity index (χ0v) is 11.1. The summed E-state index contributed by atoms with van der Waals surface area (Å²) in [6.45, 7) is 3.44. The second kappa shape index (κ2) is 4.08. The minimum atomic E-state index is 0.642. The average molecular weight is 285 g/mol. The molecule has 0 spiro atoms. The van der Waals surface area contributed by atoms with Gasteiger partial charge in [0.05, 0.1) is 0 Å². The molecule has 3 heterocycles. The van der Waals surface area contributed by atoms with Crippen molar-refractivity contribution in [2.45, 2.75) is 18.8 Å². The number of hydrogen-bond acceptors (Lipinski definition) is 3. The van der Waals surface area contributed by atoms with E-state index in [0.717, 1.165) is 29.6 Å². The van der Waals surface area contributed by atoms with E-state index in [2.05, 4.69) is 39.3 Å². The lowest BCUT2D eigenvalue weighted by atomic mass is 9.84. The molecule has 1 fully saturated rings. The molecule has 2 aliphatic heterocycles. The molecule has 3 rings (SSSR count). The first-order chi connectivity index (χ1) is 7.75. The molecule has 0 bridgehead atoms. The highest BCUT2D eigenvalue weighted by atomic mass is 79.9. The Hall–Kier alpha value is -0.480. The van der Waals surface area contributed by atoms with Crippen molar-refractivity contribution < 1.29 is 4.42 Å². The van der Waals surface area contributed by atoms with Gasteiger partial charge in [0.2, 0.25) is 0 Å². The van der Waals surface area contributed by atoms with Crippen LogP contribution in [-0.2, 0) is 0 Å².